The number of nitrogens with zero attached hydrogens (tertiary/aromatic N) is 4. The number of halogens is 2. The van der Waals surface area contributed by atoms with E-state index in [1.165, 1.54) is 0 Å². The number of pyridine rings is 4. The van der Waals surface area contributed by atoms with Crippen LogP contribution in [0.3, 0.4) is 0 Å². The van der Waals surface area contributed by atoms with Crippen molar-refractivity contribution in [2.24, 2.45) is 23.7 Å². The van der Waals surface area contributed by atoms with Gasteiger partial charge in [-0.3, -0.25) is 19.6 Å². The number of hydrogen-bond donors (Lipinski definition) is 6. The Morgan fingerprint density at radius 1 is 0.730 bits per heavy atom. The molecular formula is C47H60Cl2N10O4. The van der Waals surface area contributed by atoms with Gasteiger partial charge in [0.1, 0.15) is 11.6 Å². The Morgan fingerprint density at radius 2 is 1.35 bits per heavy atom. The van der Waals surface area contributed by atoms with Gasteiger partial charge in [0.05, 0.1) is 44.5 Å². The monoisotopic (exact) mass is 898 g/mol. The highest BCUT2D eigenvalue weighted by Gasteiger charge is 2.35. The quantitative estimate of drug-likeness (QED) is 0.0724. The summed E-state index contributed by atoms with van der Waals surface area (Å²) in [6, 6.07) is 11.7. The van der Waals surface area contributed by atoms with Crippen LogP contribution in [0.5, 0.6) is 0 Å². The molecule has 14 nitrogen and oxygen atoms in total. The molecule has 0 saturated carbocycles. The number of nitrogens with one attached hydrogen (secondary N) is 6. The first kappa shape index (κ1) is 45.1. The van der Waals surface area contributed by atoms with Crippen LogP contribution in [0.1, 0.15) is 71.4 Å². The van der Waals surface area contributed by atoms with Gasteiger partial charge < -0.3 is 41.4 Å². The number of ether oxygens (including phenoxy) is 2. The van der Waals surface area contributed by atoms with Crippen LogP contribution in [-0.4, -0.2) is 95.4 Å². The van der Waals surface area contributed by atoms with Gasteiger partial charge in [0.2, 0.25) is 11.8 Å². The van der Waals surface area contributed by atoms with E-state index in [1.807, 2.05) is 24.3 Å². The molecule has 8 heterocycles. The second kappa shape index (κ2) is 20.2. The molecule has 4 aromatic rings. The van der Waals surface area contributed by atoms with Crippen molar-refractivity contribution in [1.29, 1.82) is 0 Å². The molecule has 4 saturated heterocycles. The first-order chi connectivity index (χ1) is 30.4. The Hall–Kier alpha value is -4.44. The lowest BCUT2D eigenvalue weighted by molar-refractivity contribution is -0.120. The summed E-state index contributed by atoms with van der Waals surface area (Å²) in [5.74, 6) is 1.40. The molecule has 4 aliphatic heterocycles. The van der Waals surface area contributed by atoms with Gasteiger partial charge >= 0.3 is 0 Å². The van der Waals surface area contributed by atoms with Gasteiger partial charge in [-0.15, -0.1) is 0 Å². The zero-order valence-corrected chi connectivity index (χ0v) is 38.0. The highest BCUT2D eigenvalue weighted by Crippen LogP contribution is 2.37. The van der Waals surface area contributed by atoms with Crippen molar-refractivity contribution in [3.63, 3.8) is 0 Å². The SMILES string of the molecule is CC1(C)CC(CNc2cc(CC3(C)CC(CNc4ccnc(-c5cc(NC(=O)C6CCCNC6)ncc5Cl)c4)CCO3)nc(-c3cc(NC(=O)C4CCNC4)ncc3Cl)c2)CCO1. The molecule has 2 amide bonds. The van der Waals surface area contributed by atoms with Crippen LogP contribution in [0, 0.1) is 23.7 Å². The van der Waals surface area contributed by atoms with E-state index in [0.29, 0.717) is 82.1 Å². The summed E-state index contributed by atoms with van der Waals surface area (Å²) in [5, 5.41) is 20.8. The molecule has 0 aliphatic carbocycles. The topological polar surface area (TPSA) is 176 Å². The lowest BCUT2D eigenvalue weighted by atomic mass is 9.83. The average molecular weight is 900 g/mol. The van der Waals surface area contributed by atoms with Crippen molar-refractivity contribution in [1.82, 2.24) is 30.6 Å². The third-order valence-electron chi connectivity index (χ3n) is 12.7. The van der Waals surface area contributed by atoms with Crippen molar-refractivity contribution < 1.29 is 19.1 Å². The van der Waals surface area contributed by atoms with Gasteiger partial charge in [0, 0.05) is 92.6 Å². The van der Waals surface area contributed by atoms with Crippen LogP contribution < -0.4 is 31.9 Å². The second-order valence-electron chi connectivity index (χ2n) is 18.5. The molecule has 336 valence electrons. The molecule has 0 bridgehead atoms. The van der Waals surface area contributed by atoms with E-state index in [1.54, 1.807) is 24.7 Å². The first-order valence-electron chi connectivity index (χ1n) is 22.4. The molecule has 6 N–H and O–H groups in total. The molecule has 0 aromatic carbocycles. The van der Waals surface area contributed by atoms with Crippen LogP contribution in [0.25, 0.3) is 22.5 Å². The van der Waals surface area contributed by atoms with E-state index in [4.69, 9.17) is 37.7 Å². The minimum atomic E-state index is -0.475. The summed E-state index contributed by atoms with van der Waals surface area (Å²) in [5.41, 5.74) is 4.90. The number of carbonyl (C=O) groups is 2. The van der Waals surface area contributed by atoms with E-state index in [9.17, 15) is 9.59 Å². The summed E-state index contributed by atoms with van der Waals surface area (Å²) in [6.07, 6.45) is 11.8. The molecule has 4 aliphatic rings. The van der Waals surface area contributed by atoms with Crippen molar-refractivity contribution in [3.05, 3.63) is 70.7 Å². The maximum atomic E-state index is 13.0. The third kappa shape index (κ3) is 12.0. The first-order valence-corrected chi connectivity index (χ1v) is 23.2. The zero-order valence-electron chi connectivity index (χ0n) is 36.5. The minimum Gasteiger partial charge on any atom is -0.385 e. The lowest BCUT2D eigenvalue weighted by Crippen LogP contribution is -2.41. The van der Waals surface area contributed by atoms with Crippen molar-refractivity contribution in [2.45, 2.75) is 83.3 Å². The number of carbonyl (C=O) groups excluding carboxylic acids is 2. The number of amides is 2. The molecule has 4 fully saturated rings. The number of hydrogen-bond acceptors (Lipinski definition) is 12. The highest BCUT2D eigenvalue weighted by molar-refractivity contribution is 6.33. The maximum absolute atomic E-state index is 13.0. The number of piperidine rings is 1. The van der Waals surface area contributed by atoms with Gasteiger partial charge in [0.25, 0.3) is 0 Å². The van der Waals surface area contributed by atoms with Gasteiger partial charge in [0.15, 0.2) is 0 Å². The Bertz CT molecular complexity index is 2250. The largest absolute Gasteiger partial charge is 0.385 e. The van der Waals surface area contributed by atoms with E-state index in [2.05, 4.69) is 73.7 Å². The highest BCUT2D eigenvalue weighted by atomic mass is 35.5. The average Bonchev–Trinajstić information content (AvgIpc) is 3.82. The van der Waals surface area contributed by atoms with Gasteiger partial charge in [-0.1, -0.05) is 23.2 Å². The third-order valence-corrected chi connectivity index (χ3v) is 13.3. The van der Waals surface area contributed by atoms with Crippen molar-refractivity contribution >= 4 is 58.0 Å². The van der Waals surface area contributed by atoms with E-state index in [0.717, 1.165) is 94.8 Å². The Kier molecular flexibility index (Phi) is 14.4. The molecule has 16 heteroatoms. The summed E-state index contributed by atoms with van der Waals surface area (Å²) < 4.78 is 12.6. The van der Waals surface area contributed by atoms with Gasteiger partial charge in [-0.25, -0.2) is 9.97 Å². The fourth-order valence-electron chi connectivity index (χ4n) is 9.40. The zero-order chi connectivity index (χ0) is 44.0. The normalized spacial score (nSPS) is 24.7. The lowest BCUT2D eigenvalue weighted by Gasteiger charge is -2.38. The molecule has 5 unspecified atom stereocenters. The fourth-order valence-corrected chi connectivity index (χ4v) is 9.80. The Morgan fingerprint density at radius 3 is 2.00 bits per heavy atom. The molecule has 5 atom stereocenters. The maximum Gasteiger partial charge on any atom is 0.229 e. The molecular weight excluding hydrogens is 839 g/mol. The second-order valence-corrected chi connectivity index (χ2v) is 19.3. The summed E-state index contributed by atoms with van der Waals surface area (Å²) >= 11 is 13.5. The van der Waals surface area contributed by atoms with Crippen LogP contribution in [0.4, 0.5) is 23.0 Å². The Labute approximate surface area is 380 Å². The molecule has 0 spiro atoms. The van der Waals surface area contributed by atoms with E-state index in [-0.39, 0.29) is 29.3 Å². The number of aromatic nitrogens is 4. The van der Waals surface area contributed by atoms with Crippen molar-refractivity contribution in [2.75, 3.05) is 73.7 Å². The molecule has 4 aromatic heterocycles. The van der Waals surface area contributed by atoms with Gasteiger partial charge in [-0.05, 0) is 127 Å². The van der Waals surface area contributed by atoms with E-state index < -0.39 is 5.60 Å². The summed E-state index contributed by atoms with van der Waals surface area (Å²) in [4.78, 5) is 44.6. The summed E-state index contributed by atoms with van der Waals surface area (Å²) in [6.45, 7) is 12.5. The number of anilines is 4. The fraction of sp³-hybridized carbons (Fsp3) is 0.532. The number of rotatable bonds is 14. The predicted octanol–water partition coefficient (Wildman–Crippen LogP) is 7.85. The smallest absolute Gasteiger partial charge is 0.229 e. The predicted molar refractivity (Wildman–Crippen MR) is 249 cm³/mol. The standard InChI is InChI=1S/C47H60Cl2N10O4/c1-46(2)20-29(8-13-62-46)23-54-34-15-35(57-41(17-34)37-19-43(56-28-39(37)49)59-45(61)32-6-11-51-26-32)22-47(3)21-30(9-14-63-47)24-53-33-7-12-52-40(16-33)36-18-42(55-27-38(36)48)58-44(60)31-5-4-10-50-25-31/h7,12,15-19,27-32,50-51H,4-6,8-11,13-14,20-26H2,1-3H3,(H,52,53)(H,54,57)(H,55,58,60)(H,56,59,61). The molecule has 8 rings (SSSR count). The van der Waals surface area contributed by atoms with Crippen LogP contribution in [-0.2, 0) is 25.5 Å². The summed E-state index contributed by atoms with van der Waals surface area (Å²) in [7, 11) is 0. The van der Waals surface area contributed by atoms with Crippen molar-refractivity contribution in [3.8, 4) is 22.5 Å². The van der Waals surface area contributed by atoms with E-state index >= 15 is 0 Å². The minimum absolute atomic E-state index is 0.0450. The van der Waals surface area contributed by atoms with Crippen LogP contribution in [0.2, 0.25) is 10.0 Å². The molecule has 63 heavy (non-hydrogen) atoms. The molecule has 0 radical (unpaired) electrons. The van der Waals surface area contributed by atoms with Crippen LogP contribution in [0.15, 0.2) is 55.0 Å². The van der Waals surface area contributed by atoms with Gasteiger partial charge in [-0.2, -0.15) is 0 Å². The van der Waals surface area contributed by atoms with Crippen LogP contribution >= 0.6 is 23.2 Å². The Balaban J connectivity index is 0.959.